The van der Waals surface area contributed by atoms with Crippen molar-refractivity contribution < 1.29 is 9.53 Å². The van der Waals surface area contributed by atoms with Gasteiger partial charge in [0.15, 0.2) is 0 Å². The highest BCUT2D eigenvalue weighted by atomic mass is 16.5. The lowest BCUT2D eigenvalue weighted by Gasteiger charge is -2.02. The van der Waals surface area contributed by atoms with E-state index >= 15 is 0 Å². The fourth-order valence-electron chi connectivity index (χ4n) is 0.928. The molecule has 0 bridgehead atoms. The van der Waals surface area contributed by atoms with Gasteiger partial charge in [-0.25, -0.2) is 0 Å². The number of aryl methyl sites for hydroxylation is 1. The van der Waals surface area contributed by atoms with Crippen molar-refractivity contribution >= 4 is 5.97 Å². The third kappa shape index (κ3) is 2.05. The number of esters is 1. The summed E-state index contributed by atoms with van der Waals surface area (Å²) in [5.74, 6) is -0.218. The molecule has 0 atom stereocenters. The molecular weight excluding hydrogens is 154 g/mol. The van der Waals surface area contributed by atoms with Gasteiger partial charge in [0.25, 0.3) is 0 Å². The van der Waals surface area contributed by atoms with Crippen LogP contribution in [0, 0.1) is 6.92 Å². The van der Waals surface area contributed by atoms with E-state index in [1.165, 1.54) is 7.11 Å². The molecule has 0 saturated heterocycles. The van der Waals surface area contributed by atoms with Crippen LogP contribution in [0.1, 0.15) is 11.1 Å². The number of carbonyl (C=O) groups is 1. The van der Waals surface area contributed by atoms with Crippen LogP contribution in [0.2, 0.25) is 0 Å². The molecule has 3 nitrogen and oxygen atoms in total. The van der Waals surface area contributed by atoms with E-state index in [1.807, 2.05) is 13.0 Å². The first kappa shape index (κ1) is 8.71. The number of carbonyl (C=O) groups excluding carboxylic acids is 1. The summed E-state index contributed by atoms with van der Waals surface area (Å²) in [5, 5.41) is 0. The largest absolute Gasteiger partial charge is 0.469 e. The quantitative estimate of drug-likeness (QED) is 0.616. The van der Waals surface area contributed by atoms with Crippen molar-refractivity contribution in [1.29, 1.82) is 0 Å². The third-order valence-electron chi connectivity index (χ3n) is 1.70. The van der Waals surface area contributed by atoms with Crippen LogP contribution < -0.4 is 0 Å². The van der Waals surface area contributed by atoms with Gasteiger partial charge in [-0.1, -0.05) is 0 Å². The van der Waals surface area contributed by atoms with Gasteiger partial charge in [-0.15, -0.1) is 0 Å². The van der Waals surface area contributed by atoms with E-state index in [4.69, 9.17) is 0 Å². The van der Waals surface area contributed by atoms with Crippen molar-refractivity contribution in [2.24, 2.45) is 0 Å². The first-order chi connectivity index (χ1) is 5.74. The highest BCUT2D eigenvalue weighted by Crippen LogP contribution is 2.05. The number of rotatable bonds is 2. The molecule has 0 aliphatic rings. The number of hydrogen-bond donors (Lipinski definition) is 0. The lowest BCUT2D eigenvalue weighted by atomic mass is 10.1. The summed E-state index contributed by atoms with van der Waals surface area (Å²) in [7, 11) is 1.39. The smallest absolute Gasteiger partial charge is 0.309 e. The molecule has 0 unspecified atom stereocenters. The van der Waals surface area contributed by atoms with Crippen LogP contribution in [0.4, 0.5) is 0 Å². The summed E-state index contributed by atoms with van der Waals surface area (Å²) >= 11 is 0. The lowest BCUT2D eigenvalue weighted by Crippen LogP contribution is -2.05. The van der Waals surface area contributed by atoms with Crippen LogP contribution in [0.25, 0.3) is 0 Å². The molecule has 1 aromatic heterocycles. The van der Waals surface area contributed by atoms with Crippen molar-refractivity contribution in [3.8, 4) is 0 Å². The van der Waals surface area contributed by atoms with E-state index in [9.17, 15) is 4.79 Å². The van der Waals surface area contributed by atoms with Crippen LogP contribution in [0.3, 0.4) is 0 Å². The summed E-state index contributed by atoms with van der Waals surface area (Å²) in [5.41, 5.74) is 1.99. The van der Waals surface area contributed by atoms with Crippen molar-refractivity contribution in [2.75, 3.05) is 7.11 Å². The van der Waals surface area contributed by atoms with Gasteiger partial charge in [-0.05, 0) is 24.1 Å². The average molecular weight is 165 g/mol. The molecule has 1 aromatic rings. The summed E-state index contributed by atoms with van der Waals surface area (Å²) in [4.78, 5) is 14.8. The molecule has 0 fully saturated rings. The zero-order chi connectivity index (χ0) is 8.97. The zero-order valence-electron chi connectivity index (χ0n) is 7.20. The fraction of sp³-hybridized carbons (Fsp3) is 0.333. The SMILES string of the molecule is COC(=O)Cc1ccncc1C. The Balaban J connectivity index is 2.75. The molecule has 0 spiro atoms. The average Bonchev–Trinajstić information content (AvgIpc) is 2.09. The van der Waals surface area contributed by atoms with Crippen molar-refractivity contribution in [1.82, 2.24) is 4.98 Å². The summed E-state index contributed by atoms with van der Waals surface area (Å²) in [6.45, 7) is 1.92. The summed E-state index contributed by atoms with van der Waals surface area (Å²) in [6, 6.07) is 1.83. The Kier molecular flexibility index (Phi) is 2.80. The van der Waals surface area contributed by atoms with Gasteiger partial charge in [0.1, 0.15) is 0 Å². The Morgan fingerprint density at radius 2 is 2.42 bits per heavy atom. The maximum absolute atomic E-state index is 10.9. The number of pyridine rings is 1. The molecule has 3 heteroatoms. The van der Waals surface area contributed by atoms with Crippen molar-refractivity contribution in [3.05, 3.63) is 29.6 Å². The molecule has 12 heavy (non-hydrogen) atoms. The van der Waals surface area contributed by atoms with E-state index < -0.39 is 0 Å². The van der Waals surface area contributed by atoms with Gasteiger partial charge >= 0.3 is 5.97 Å². The molecular formula is C9H11NO2. The third-order valence-corrected chi connectivity index (χ3v) is 1.70. The molecule has 1 rings (SSSR count). The molecule has 0 radical (unpaired) electrons. The highest BCUT2D eigenvalue weighted by Gasteiger charge is 2.04. The molecule has 0 amide bonds. The predicted octanol–water partition coefficient (Wildman–Crippen LogP) is 1.11. The van der Waals surface area contributed by atoms with E-state index in [1.54, 1.807) is 12.4 Å². The Bertz CT molecular complexity index is 284. The van der Waals surface area contributed by atoms with Crippen LogP contribution in [-0.2, 0) is 16.0 Å². The van der Waals surface area contributed by atoms with E-state index in [2.05, 4.69) is 9.72 Å². The second-order valence-corrected chi connectivity index (χ2v) is 2.56. The van der Waals surface area contributed by atoms with Crippen LogP contribution in [0.15, 0.2) is 18.5 Å². The molecule has 1 heterocycles. The molecule has 0 N–H and O–H groups in total. The first-order valence-electron chi connectivity index (χ1n) is 3.70. The first-order valence-corrected chi connectivity index (χ1v) is 3.70. The number of hydrogen-bond acceptors (Lipinski definition) is 3. The number of ether oxygens (including phenoxy) is 1. The minimum absolute atomic E-state index is 0.218. The maximum atomic E-state index is 10.9. The minimum atomic E-state index is -0.218. The Labute approximate surface area is 71.4 Å². The Morgan fingerprint density at radius 1 is 1.67 bits per heavy atom. The van der Waals surface area contributed by atoms with Gasteiger partial charge in [0.2, 0.25) is 0 Å². The number of methoxy groups -OCH3 is 1. The second kappa shape index (κ2) is 3.85. The van der Waals surface area contributed by atoms with Gasteiger partial charge in [0, 0.05) is 12.4 Å². The van der Waals surface area contributed by atoms with E-state index in [0.29, 0.717) is 6.42 Å². The second-order valence-electron chi connectivity index (χ2n) is 2.56. The van der Waals surface area contributed by atoms with Crippen LogP contribution in [-0.4, -0.2) is 18.1 Å². The van der Waals surface area contributed by atoms with Gasteiger partial charge in [-0.3, -0.25) is 9.78 Å². The molecule has 0 aromatic carbocycles. The van der Waals surface area contributed by atoms with Gasteiger partial charge < -0.3 is 4.74 Å². The molecule has 0 aliphatic heterocycles. The van der Waals surface area contributed by atoms with Gasteiger partial charge in [0.05, 0.1) is 13.5 Å². The highest BCUT2D eigenvalue weighted by molar-refractivity contribution is 5.72. The lowest BCUT2D eigenvalue weighted by molar-refractivity contribution is -0.139. The Hall–Kier alpha value is -1.38. The summed E-state index contributed by atoms with van der Waals surface area (Å²) < 4.78 is 4.55. The molecule has 0 saturated carbocycles. The van der Waals surface area contributed by atoms with Crippen molar-refractivity contribution in [2.45, 2.75) is 13.3 Å². The molecule has 0 aliphatic carbocycles. The van der Waals surface area contributed by atoms with E-state index in [-0.39, 0.29) is 5.97 Å². The zero-order valence-corrected chi connectivity index (χ0v) is 7.20. The Morgan fingerprint density at radius 3 is 3.00 bits per heavy atom. The normalized spacial score (nSPS) is 9.50. The molecule has 64 valence electrons. The maximum Gasteiger partial charge on any atom is 0.309 e. The topological polar surface area (TPSA) is 39.2 Å². The predicted molar refractivity (Wildman–Crippen MR) is 44.7 cm³/mol. The van der Waals surface area contributed by atoms with Crippen molar-refractivity contribution in [3.63, 3.8) is 0 Å². The monoisotopic (exact) mass is 165 g/mol. The van der Waals surface area contributed by atoms with Crippen LogP contribution in [0.5, 0.6) is 0 Å². The number of aromatic nitrogens is 1. The van der Waals surface area contributed by atoms with E-state index in [0.717, 1.165) is 11.1 Å². The van der Waals surface area contributed by atoms with Crippen LogP contribution >= 0.6 is 0 Å². The number of nitrogens with zero attached hydrogens (tertiary/aromatic N) is 1. The minimum Gasteiger partial charge on any atom is -0.469 e. The standard InChI is InChI=1S/C9H11NO2/c1-7-6-10-4-3-8(7)5-9(11)12-2/h3-4,6H,5H2,1-2H3. The van der Waals surface area contributed by atoms with Gasteiger partial charge in [-0.2, -0.15) is 0 Å². The summed E-state index contributed by atoms with van der Waals surface area (Å²) in [6.07, 6.45) is 3.73. The fourth-order valence-corrected chi connectivity index (χ4v) is 0.928.